The predicted molar refractivity (Wildman–Crippen MR) is 83.1 cm³/mol. The number of aryl methyl sites for hydroxylation is 1. The third kappa shape index (κ3) is 4.60. The molecule has 0 saturated carbocycles. The van der Waals surface area contributed by atoms with Crippen molar-refractivity contribution >= 4 is 17.7 Å². The molecule has 5 nitrogen and oxygen atoms in total. The van der Waals surface area contributed by atoms with Crippen molar-refractivity contribution in [3.8, 4) is 11.5 Å². The maximum absolute atomic E-state index is 11.7. The highest BCUT2D eigenvalue weighted by Crippen LogP contribution is 2.23. The summed E-state index contributed by atoms with van der Waals surface area (Å²) in [4.78, 5) is 11.7. The van der Waals surface area contributed by atoms with Crippen LogP contribution in [-0.4, -0.2) is 27.9 Å². The Morgan fingerprint density at radius 1 is 1.33 bits per heavy atom. The molecule has 2 rings (SSSR count). The van der Waals surface area contributed by atoms with Crippen LogP contribution in [0, 0.1) is 6.92 Å². The Morgan fingerprint density at radius 2 is 2.05 bits per heavy atom. The van der Waals surface area contributed by atoms with Gasteiger partial charge in [0, 0.05) is 11.6 Å². The number of hydrogen-bond donors (Lipinski definition) is 1. The zero-order valence-corrected chi connectivity index (χ0v) is 13.2. The van der Waals surface area contributed by atoms with Gasteiger partial charge in [-0.2, -0.15) is 0 Å². The minimum Gasteiger partial charge on any atom is -0.411 e. The van der Waals surface area contributed by atoms with Crippen molar-refractivity contribution in [2.45, 2.75) is 38.5 Å². The summed E-state index contributed by atoms with van der Waals surface area (Å²) in [6.07, 6.45) is 0.911. The molecule has 1 atom stereocenters. The van der Waals surface area contributed by atoms with Gasteiger partial charge in [-0.15, -0.1) is 10.2 Å². The molecule has 0 bridgehead atoms. The van der Waals surface area contributed by atoms with Crippen LogP contribution >= 0.6 is 11.8 Å². The maximum atomic E-state index is 11.7. The third-order valence-electron chi connectivity index (χ3n) is 3.05. The number of benzene rings is 1. The van der Waals surface area contributed by atoms with E-state index < -0.39 is 0 Å². The van der Waals surface area contributed by atoms with Crippen LogP contribution in [-0.2, 0) is 4.79 Å². The van der Waals surface area contributed by atoms with E-state index in [0.29, 0.717) is 11.1 Å². The summed E-state index contributed by atoms with van der Waals surface area (Å²) in [6.45, 7) is 6.03. The monoisotopic (exact) mass is 305 g/mol. The van der Waals surface area contributed by atoms with Crippen LogP contribution in [0.1, 0.15) is 25.8 Å². The molecule has 0 fully saturated rings. The number of hydrogen-bond acceptors (Lipinski definition) is 5. The van der Waals surface area contributed by atoms with Crippen LogP contribution in [0.3, 0.4) is 0 Å². The lowest BCUT2D eigenvalue weighted by atomic mass is 10.1. The molecule has 0 radical (unpaired) electrons. The largest absolute Gasteiger partial charge is 0.411 e. The van der Waals surface area contributed by atoms with E-state index in [2.05, 4.69) is 15.5 Å². The predicted octanol–water partition coefficient (Wildman–Crippen LogP) is 3.05. The Bertz CT molecular complexity index is 595. The summed E-state index contributed by atoms with van der Waals surface area (Å²) in [5.41, 5.74) is 2.05. The van der Waals surface area contributed by atoms with E-state index in [1.807, 2.05) is 45.0 Å². The molecule has 1 amide bonds. The molecular formula is C15H19N3O2S. The fourth-order valence-electron chi connectivity index (χ4n) is 1.63. The number of thioether (sulfide) groups is 1. The molecule has 1 N–H and O–H groups in total. The third-order valence-corrected chi connectivity index (χ3v) is 3.87. The number of nitrogens with zero attached hydrogens (tertiary/aromatic N) is 2. The Hall–Kier alpha value is -1.82. The first-order chi connectivity index (χ1) is 10.1. The Morgan fingerprint density at radius 3 is 2.71 bits per heavy atom. The number of carbonyl (C=O) groups is 1. The van der Waals surface area contributed by atoms with Crippen LogP contribution in [0.4, 0.5) is 0 Å². The molecule has 1 aromatic carbocycles. The number of carbonyl (C=O) groups excluding carboxylic acids is 1. The highest BCUT2D eigenvalue weighted by Gasteiger charge is 2.12. The molecule has 0 saturated heterocycles. The van der Waals surface area contributed by atoms with E-state index >= 15 is 0 Å². The van der Waals surface area contributed by atoms with Crippen molar-refractivity contribution in [1.82, 2.24) is 15.5 Å². The van der Waals surface area contributed by atoms with E-state index in [1.165, 1.54) is 17.3 Å². The topological polar surface area (TPSA) is 68.0 Å². The Kier molecular flexibility index (Phi) is 5.38. The van der Waals surface area contributed by atoms with E-state index in [9.17, 15) is 4.79 Å². The zero-order chi connectivity index (χ0) is 15.2. The molecule has 0 aliphatic heterocycles. The molecule has 21 heavy (non-hydrogen) atoms. The van der Waals surface area contributed by atoms with Crippen LogP contribution in [0.25, 0.3) is 11.5 Å². The molecule has 2 aromatic rings. The summed E-state index contributed by atoms with van der Waals surface area (Å²) < 4.78 is 5.55. The van der Waals surface area contributed by atoms with Crippen molar-refractivity contribution in [2.75, 3.05) is 5.75 Å². The number of aromatic nitrogens is 2. The molecule has 0 aliphatic carbocycles. The molecule has 0 unspecified atom stereocenters. The summed E-state index contributed by atoms with van der Waals surface area (Å²) in [5, 5.41) is 11.3. The highest BCUT2D eigenvalue weighted by atomic mass is 32.2. The van der Waals surface area contributed by atoms with Gasteiger partial charge >= 0.3 is 0 Å². The fourth-order valence-corrected chi connectivity index (χ4v) is 2.20. The zero-order valence-electron chi connectivity index (χ0n) is 12.4. The Balaban J connectivity index is 1.91. The second kappa shape index (κ2) is 7.26. The molecule has 112 valence electrons. The average Bonchev–Trinajstić information content (AvgIpc) is 2.94. The lowest BCUT2D eigenvalue weighted by Gasteiger charge is -2.09. The first kappa shape index (κ1) is 15.6. The van der Waals surface area contributed by atoms with Crippen LogP contribution in [0.5, 0.6) is 0 Å². The smallest absolute Gasteiger partial charge is 0.277 e. The summed E-state index contributed by atoms with van der Waals surface area (Å²) in [6, 6.07) is 8.04. The van der Waals surface area contributed by atoms with Crippen molar-refractivity contribution < 1.29 is 9.21 Å². The highest BCUT2D eigenvalue weighted by molar-refractivity contribution is 7.99. The van der Waals surface area contributed by atoms with Crippen molar-refractivity contribution in [1.29, 1.82) is 0 Å². The average molecular weight is 305 g/mol. The minimum absolute atomic E-state index is 0.0237. The fraction of sp³-hybridized carbons (Fsp3) is 0.400. The van der Waals surface area contributed by atoms with Gasteiger partial charge in [-0.3, -0.25) is 4.79 Å². The first-order valence-electron chi connectivity index (χ1n) is 6.91. The number of nitrogens with one attached hydrogen (secondary N) is 1. The molecular weight excluding hydrogens is 286 g/mol. The van der Waals surface area contributed by atoms with Crippen molar-refractivity contribution in [3.63, 3.8) is 0 Å². The van der Waals surface area contributed by atoms with Gasteiger partial charge in [0.2, 0.25) is 11.8 Å². The van der Waals surface area contributed by atoms with Crippen LogP contribution < -0.4 is 5.32 Å². The lowest BCUT2D eigenvalue weighted by Crippen LogP contribution is -2.33. The van der Waals surface area contributed by atoms with E-state index in [1.54, 1.807) is 0 Å². The van der Waals surface area contributed by atoms with Gasteiger partial charge in [-0.1, -0.05) is 36.4 Å². The quantitative estimate of drug-likeness (QED) is 0.831. The number of amides is 1. The van der Waals surface area contributed by atoms with E-state index in [4.69, 9.17) is 4.42 Å². The molecule has 1 aromatic heterocycles. The Labute approximate surface area is 128 Å². The van der Waals surface area contributed by atoms with Gasteiger partial charge in [0.05, 0.1) is 5.75 Å². The van der Waals surface area contributed by atoms with Crippen LogP contribution in [0.15, 0.2) is 33.9 Å². The molecule has 0 spiro atoms. The van der Waals surface area contributed by atoms with Crippen molar-refractivity contribution in [2.24, 2.45) is 0 Å². The van der Waals surface area contributed by atoms with Gasteiger partial charge in [0.25, 0.3) is 5.22 Å². The van der Waals surface area contributed by atoms with E-state index in [-0.39, 0.29) is 17.7 Å². The molecule has 1 heterocycles. The molecule has 6 heteroatoms. The lowest BCUT2D eigenvalue weighted by molar-refractivity contribution is -0.119. The maximum Gasteiger partial charge on any atom is 0.277 e. The van der Waals surface area contributed by atoms with Gasteiger partial charge in [0.15, 0.2) is 0 Å². The summed E-state index contributed by atoms with van der Waals surface area (Å²) in [5.74, 6) is 0.726. The first-order valence-corrected chi connectivity index (χ1v) is 7.89. The van der Waals surface area contributed by atoms with Crippen molar-refractivity contribution in [3.05, 3.63) is 29.8 Å². The standard InChI is InChI=1S/C15H19N3O2S/c1-4-11(3)16-13(19)9-21-15-18-17-14(20-15)12-7-5-10(2)6-8-12/h5-8,11H,4,9H2,1-3H3,(H,16,19)/t11-/m0/s1. The van der Waals surface area contributed by atoms with Gasteiger partial charge < -0.3 is 9.73 Å². The molecule has 0 aliphatic rings. The summed E-state index contributed by atoms with van der Waals surface area (Å²) >= 11 is 1.25. The number of rotatable bonds is 6. The SMILES string of the molecule is CC[C@H](C)NC(=O)CSc1nnc(-c2ccc(C)cc2)o1. The minimum atomic E-state index is -0.0237. The second-order valence-electron chi connectivity index (χ2n) is 4.90. The van der Waals surface area contributed by atoms with Crippen LogP contribution in [0.2, 0.25) is 0 Å². The van der Waals surface area contributed by atoms with E-state index in [0.717, 1.165) is 12.0 Å². The second-order valence-corrected chi connectivity index (χ2v) is 5.83. The van der Waals surface area contributed by atoms with Gasteiger partial charge in [-0.25, -0.2) is 0 Å². The van der Waals surface area contributed by atoms with Gasteiger partial charge in [-0.05, 0) is 32.4 Å². The van der Waals surface area contributed by atoms with Gasteiger partial charge in [0.1, 0.15) is 0 Å². The normalized spacial score (nSPS) is 12.1. The summed E-state index contributed by atoms with van der Waals surface area (Å²) in [7, 11) is 0.